The molecular formula is C12H21BN2O. The van der Waals surface area contributed by atoms with Crippen molar-refractivity contribution in [3.8, 4) is 0 Å². The maximum absolute atomic E-state index is 11.3. The topological polar surface area (TPSA) is 41.1 Å². The van der Waals surface area contributed by atoms with Gasteiger partial charge in [0.05, 0.1) is 5.56 Å². The number of carbonyl (C=O) groups is 1. The molecule has 88 valence electrons. The first kappa shape index (κ1) is 14.6. The van der Waals surface area contributed by atoms with Crippen LogP contribution in [0.2, 0.25) is 6.82 Å². The van der Waals surface area contributed by atoms with E-state index in [1.54, 1.807) is 0 Å². The summed E-state index contributed by atoms with van der Waals surface area (Å²) in [6.45, 7) is 9.93. The summed E-state index contributed by atoms with van der Waals surface area (Å²) < 4.78 is 0. The Hall–Kier alpha value is -1.45. The van der Waals surface area contributed by atoms with E-state index in [1.807, 2.05) is 58.8 Å². The van der Waals surface area contributed by atoms with Gasteiger partial charge in [-0.05, 0) is 19.0 Å². The molecule has 0 aromatic heterocycles. The highest BCUT2D eigenvalue weighted by molar-refractivity contribution is 6.63. The van der Waals surface area contributed by atoms with Crippen LogP contribution in [0.3, 0.4) is 0 Å². The Labute approximate surface area is 98.8 Å². The molecule has 0 bridgehead atoms. The van der Waals surface area contributed by atoms with E-state index in [-0.39, 0.29) is 12.9 Å². The molecule has 1 aliphatic heterocycles. The fraction of sp³-hybridized carbons (Fsp3) is 0.417. The van der Waals surface area contributed by atoms with Gasteiger partial charge in [-0.3, -0.25) is 4.79 Å². The van der Waals surface area contributed by atoms with Crippen LogP contribution in [0.4, 0.5) is 5.69 Å². The Kier molecular flexibility index (Phi) is 7.09. The number of anilines is 1. The van der Waals surface area contributed by atoms with Crippen molar-refractivity contribution in [2.75, 3.05) is 5.23 Å². The summed E-state index contributed by atoms with van der Waals surface area (Å²) in [6, 6.07) is 7.49. The van der Waals surface area contributed by atoms with Gasteiger partial charge in [0.25, 0.3) is 0 Å². The van der Waals surface area contributed by atoms with Crippen molar-refractivity contribution >= 4 is 18.6 Å². The lowest BCUT2D eigenvalue weighted by Crippen LogP contribution is -2.46. The van der Waals surface area contributed by atoms with Crippen molar-refractivity contribution in [1.29, 1.82) is 0 Å². The maximum atomic E-state index is 11.3. The lowest BCUT2D eigenvalue weighted by Gasteiger charge is -2.21. The molecule has 0 fully saturated rings. The lowest BCUT2D eigenvalue weighted by molar-refractivity contribution is 0.0978. The van der Waals surface area contributed by atoms with Gasteiger partial charge in [0.15, 0.2) is 0 Å². The molecule has 1 aromatic carbocycles. The second kappa shape index (κ2) is 7.80. The third-order valence-electron chi connectivity index (χ3n) is 1.89. The van der Waals surface area contributed by atoms with Crippen LogP contribution in [-0.4, -0.2) is 12.9 Å². The number of nitrogens with one attached hydrogen (secondary N) is 2. The molecule has 2 rings (SSSR count). The lowest BCUT2D eigenvalue weighted by atomic mass is 9.77. The van der Waals surface area contributed by atoms with Gasteiger partial charge in [-0.1, -0.05) is 39.8 Å². The van der Waals surface area contributed by atoms with Crippen LogP contribution < -0.4 is 10.5 Å². The largest absolute Gasteiger partial charge is 0.409 e. The Bertz CT molecular complexity index is 329. The first-order chi connectivity index (χ1) is 7.77. The van der Waals surface area contributed by atoms with Gasteiger partial charge in [-0.25, -0.2) is 0 Å². The fourth-order valence-electron chi connectivity index (χ4n) is 1.35. The number of amides is 1. The SMILES string of the molecule is CB1NC(=O)c2ccccc2N1.CC.CC. The maximum Gasteiger partial charge on any atom is 0.369 e. The number of hydrogen-bond donors (Lipinski definition) is 2. The van der Waals surface area contributed by atoms with Gasteiger partial charge < -0.3 is 10.5 Å². The number of benzene rings is 1. The summed E-state index contributed by atoms with van der Waals surface area (Å²) >= 11 is 0. The van der Waals surface area contributed by atoms with E-state index in [0.29, 0.717) is 0 Å². The zero-order valence-electron chi connectivity index (χ0n) is 10.8. The highest BCUT2D eigenvalue weighted by Gasteiger charge is 2.22. The van der Waals surface area contributed by atoms with E-state index >= 15 is 0 Å². The van der Waals surface area contributed by atoms with Gasteiger partial charge in [-0.15, -0.1) is 0 Å². The van der Waals surface area contributed by atoms with Gasteiger partial charge in [0.2, 0.25) is 5.91 Å². The summed E-state index contributed by atoms with van der Waals surface area (Å²) in [5.74, 6) is -0.00292. The average Bonchev–Trinajstić information content (AvgIpc) is 2.34. The van der Waals surface area contributed by atoms with Crippen LogP contribution in [0, 0.1) is 0 Å². The van der Waals surface area contributed by atoms with Gasteiger partial charge in [0, 0.05) is 5.69 Å². The van der Waals surface area contributed by atoms with E-state index in [1.165, 1.54) is 0 Å². The highest BCUT2D eigenvalue weighted by atomic mass is 16.1. The quantitative estimate of drug-likeness (QED) is 0.660. The Balaban J connectivity index is 0.000000509. The second-order valence-electron chi connectivity index (χ2n) is 2.89. The van der Waals surface area contributed by atoms with Crippen molar-refractivity contribution in [3.05, 3.63) is 29.8 Å². The normalized spacial score (nSPS) is 11.8. The molecule has 0 spiro atoms. The number of rotatable bonds is 0. The molecule has 1 amide bonds. The van der Waals surface area contributed by atoms with Gasteiger partial charge >= 0.3 is 6.98 Å². The van der Waals surface area contributed by atoms with E-state index in [9.17, 15) is 4.79 Å². The van der Waals surface area contributed by atoms with Crippen molar-refractivity contribution < 1.29 is 4.79 Å². The van der Waals surface area contributed by atoms with E-state index in [2.05, 4.69) is 10.5 Å². The zero-order chi connectivity index (χ0) is 12.6. The summed E-state index contributed by atoms with van der Waals surface area (Å²) in [5, 5.41) is 5.94. The average molecular weight is 220 g/mol. The molecule has 1 aromatic rings. The monoisotopic (exact) mass is 220 g/mol. The van der Waals surface area contributed by atoms with Gasteiger partial charge in [0.1, 0.15) is 0 Å². The molecule has 4 heteroatoms. The van der Waals surface area contributed by atoms with Crippen LogP contribution in [0.25, 0.3) is 0 Å². The van der Waals surface area contributed by atoms with Crippen molar-refractivity contribution in [1.82, 2.24) is 5.23 Å². The third kappa shape index (κ3) is 3.61. The highest BCUT2D eigenvalue weighted by Crippen LogP contribution is 2.17. The minimum atomic E-state index is -0.00292. The van der Waals surface area contributed by atoms with E-state index in [4.69, 9.17) is 0 Å². The van der Waals surface area contributed by atoms with Crippen LogP contribution in [0.5, 0.6) is 0 Å². The van der Waals surface area contributed by atoms with E-state index < -0.39 is 0 Å². The van der Waals surface area contributed by atoms with Crippen LogP contribution >= 0.6 is 0 Å². The molecule has 0 radical (unpaired) electrons. The molecule has 1 heterocycles. The van der Waals surface area contributed by atoms with Gasteiger partial charge in [-0.2, -0.15) is 0 Å². The molecule has 0 aliphatic carbocycles. The molecule has 16 heavy (non-hydrogen) atoms. The standard InChI is InChI=1S/C8H9BN2O.2C2H6/c1-9-10-7-5-3-2-4-6(7)8(12)11-9;2*1-2/h2-5,10H,1H3,(H,11,12);2*1-2H3. The molecule has 0 saturated heterocycles. The molecule has 0 atom stereocenters. The minimum absolute atomic E-state index is 0.00292. The number of para-hydroxylation sites is 1. The molecule has 1 aliphatic rings. The summed E-state index contributed by atoms with van der Waals surface area (Å²) in [7, 11) is 0. The van der Waals surface area contributed by atoms with E-state index in [0.717, 1.165) is 11.3 Å². The molecular weight excluding hydrogens is 199 g/mol. The fourth-order valence-corrected chi connectivity index (χ4v) is 1.35. The summed E-state index contributed by atoms with van der Waals surface area (Å²) in [6.07, 6.45) is 0. The number of carbonyl (C=O) groups excluding carboxylic acids is 1. The number of hydrogen-bond acceptors (Lipinski definition) is 2. The number of fused-ring (bicyclic) bond motifs is 1. The Morgan fingerprint density at radius 1 is 1.00 bits per heavy atom. The Morgan fingerprint density at radius 3 is 2.19 bits per heavy atom. The summed E-state index contributed by atoms with van der Waals surface area (Å²) in [5.41, 5.74) is 1.63. The van der Waals surface area contributed by atoms with Crippen molar-refractivity contribution in [3.63, 3.8) is 0 Å². The summed E-state index contributed by atoms with van der Waals surface area (Å²) in [4.78, 5) is 11.3. The Morgan fingerprint density at radius 2 is 1.56 bits per heavy atom. The second-order valence-corrected chi connectivity index (χ2v) is 2.89. The van der Waals surface area contributed by atoms with Crippen LogP contribution in [0.15, 0.2) is 24.3 Å². The molecule has 0 saturated carbocycles. The molecule has 0 unspecified atom stereocenters. The van der Waals surface area contributed by atoms with Crippen molar-refractivity contribution in [2.45, 2.75) is 34.5 Å². The predicted molar refractivity (Wildman–Crippen MR) is 71.8 cm³/mol. The molecule has 2 N–H and O–H groups in total. The van der Waals surface area contributed by atoms with Crippen molar-refractivity contribution in [2.24, 2.45) is 0 Å². The third-order valence-corrected chi connectivity index (χ3v) is 1.89. The minimum Gasteiger partial charge on any atom is -0.409 e. The van der Waals surface area contributed by atoms with Crippen LogP contribution in [-0.2, 0) is 0 Å². The predicted octanol–water partition coefficient (Wildman–Crippen LogP) is 3.01. The first-order valence-corrected chi connectivity index (χ1v) is 5.94. The smallest absolute Gasteiger partial charge is 0.369 e. The molecule has 3 nitrogen and oxygen atoms in total. The zero-order valence-corrected chi connectivity index (χ0v) is 10.8. The first-order valence-electron chi connectivity index (χ1n) is 5.94. The van der Waals surface area contributed by atoms with Crippen LogP contribution in [0.1, 0.15) is 38.1 Å².